The van der Waals surface area contributed by atoms with E-state index in [4.69, 9.17) is 5.11 Å². The SMILES string of the molecule is COC(=O)C[C@H](NC(=O)NCCCS(C)=O)C(=O)O. The average molecular weight is 294 g/mol. The van der Waals surface area contributed by atoms with Gasteiger partial charge in [-0.1, -0.05) is 0 Å². The van der Waals surface area contributed by atoms with E-state index in [2.05, 4.69) is 15.4 Å². The summed E-state index contributed by atoms with van der Waals surface area (Å²) in [6.07, 6.45) is 1.63. The monoisotopic (exact) mass is 294 g/mol. The van der Waals surface area contributed by atoms with Gasteiger partial charge in [0.2, 0.25) is 0 Å². The smallest absolute Gasteiger partial charge is 0.326 e. The molecule has 1 unspecified atom stereocenters. The third kappa shape index (κ3) is 9.00. The number of methoxy groups -OCH3 is 1. The molecule has 8 nitrogen and oxygen atoms in total. The first-order chi connectivity index (χ1) is 8.86. The molecule has 0 radical (unpaired) electrons. The van der Waals surface area contributed by atoms with Crippen molar-refractivity contribution in [3.63, 3.8) is 0 Å². The summed E-state index contributed by atoms with van der Waals surface area (Å²) < 4.78 is 15.1. The zero-order valence-electron chi connectivity index (χ0n) is 10.8. The quantitative estimate of drug-likeness (QED) is 0.393. The molecule has 0 aromatic rings. The molecule has 0 aromatic carbocycles. The number of ether oxygens (including phenoxy) is 1. The number of esters is 1. The molecule has 0 bridgehead atoms. The number of carboxylic acid groups (broad SMARTS) is 1. The van der Waals surface area contributed by atoms with Gasteiger partial charge in [-0.25, -0.2) is 9.59 Å². The maximum Gasteiger partial charge on any atom is 0.326 e. The minimum Gasteiger partial charge on any atom is -0.480 e. The molecule has 110 valence electrons. The number of hydrogen-bond acceptors (Lipinski definition) is 5. The lowest BCUT2D eigenvalue weighted by molar-refractivity contribution is -0.147. The van der Waals surface area contributed by atoms with Crippen molar-refractivity contribution in [2.45, 2.75) is 18.9 Å². The Morgan fingerprint density at radius 3 is 2.47 bits per heavy atom. The van der Waals surface area contributed by atoms with E-state index in [0.29, 0.717) is 12.2 Å². The number of carbonyl (C=O) groups excluding carboxylic acids is 2. The molecule has 3 N–H and O–H groups in total. The predicted molar refractivity (Wildman–Crippen MR) is 68.1 cm³/mol. The summed E-state index contributed by atoms with van der Waals surface area (Å²) in [5, 5.41) is 13.4. The maximum absolute atomic E-state index is 11.4. The Morgan fingerprint density at radius 2 is 2.00 bits per heavy atom. The van der Waals surface area contributed by atoms with Crippen LogP contribution in [0.2, 0.25) is 0 Å². The second kappa shape index (κ2) is 9.31. The van der Waals surface area contributed by atoms with Gasteiger partial charge in [0.05, 0.1) is 13.5 Å². The molecular weight excluding hydrogens is 276 g/mol. The lowest BCUT2D eigenvalue weighted by Crippen LogP contribution is -2.47. The van der Waals surface area contributed by atoms with Gasteiger partial charge in [0.25, 0.3) is 0 Å². The van der Waals surface area contributed by atoms with Crippen LogP contribution in [0.3, 0.4) is 0 Å². The first-order valence-corrected chi connectivity index (χ1v) is 7.23. The Labute approximate surface area is 113 Å². The van der Waals surface area contributed by atoms with E-state index in [0.717, 1.165) is 7.11 Å². The van der Waals surface area contributed by atoms with Gasteiger partial charge < -0.3 is 20.5 Å². The van der Waals surface area contributed by atoms with Crippen molar-refractivity contribution >= 4 is 28.8 Å². The second-order valence-electron chi connectivity index (χ2n) is 3.70. The zero-order chi connectivity index (χ0) is 14.8. The van der Waals surface area contributed by atoms with Gasteiger partial charge in [0, 0.05) is 29.4 Å². The van der Waals surface area contributed by atoms with Crippen molar-refractivity contribution in [2.24, 2.45) is 0 Å². The number of rotatable bonds is 8. The Kier molecular flexibility index (Phi) is 8.51. The molecule has 0 saturated carbocycles. The molecular formula is C10H18N2O6S. The average Bonchev–Trinajstić information content (AvgIpc) is 2.33. The first-order valence-electron chi connectivity index (χ1n) is 5.50. The number of hydrogen-bond donors (Lipinski definition) is 3. The van der Waals surface area contributed by atoms with Crippen molar-refractivity contribution in [1.29, 1.82) is 0 Å². The van der Waals surface area contributed by atoms with Crippen LogP contribution in [-0.4, -0.2) is 59.0 Å². The van der Waals surface area contributed by atoms with Crippen LogP contribution in [0.1, 0.15) is 12.8 Å². The van der Waals surface area contributed by atoms with E-state index >= 15 is 0 Å². The topological polar surface area (TPSA) is 122 Å². The highest BCUT2D eigenvalue weighted by Gasteiger charge is 2.23. The first kappa shape index (κ1) is 17.4. The summed E-state index contributed by atoms with van der Waals surface area (Å²) in [5.41, 5.74) is 0. The minimum absolute atomic E-state index is 0.274. The molecule has 0 aliphatic rings. The van der Waals surface area contributed by atoms with E-state index < -0.39 is 41.2 Å². The largest absolute Gasteiger partial charge is 0.480 e. The van der Waals surface area contributed by atoms with Gasteiger partial charge in [0.1, 0.15) is 6.04 Å². The number of carbonyl (C=O) groups is 3. The summed E-state index contributed by atoms with van der Waals surface area (Å²) in [6, 6.07) is -2.04. The van der Waals surface area contributed by atoms with Crippen LogP contribution in [0, 0.1) is 0 Å². The Bertz CT molecular complexity index is 360. The number of amides is 2. The van der Waals surface area contributed by atoms with Crippen LogP contribution in [0.25, 0.3) is 0 Å². The molecule has 0 spiro atoms. The minimum atomic E-state index is -1.34. The van der Waals surface area contributed by atoms with Crippen molar-refractivity contribution in [3.8, 4) is 0 Å². The van der Waals surface area contributed by atoms with Crippen molar-refractivity contribution < 1.29 is 28.4 Å². The van der Waals surface area contributed by atoms with E-state index in [-0.39, 0.29) is 6.54 Å². The van der Waals surface area contributed by atoms with Crippen LogP contribution in [0.15, 0.2) is 0 Å². The van der Waals surface area contributed by atoms with Crippen LogP contribution in [0.5, 0.6) is 0 Å². The molecule has 0 fully saturated rings. The number of aliphatic carboxylic acids is 1. The molecule has 0 rings (SSSR count). The zero-order valence-corrected chi connectivity index (χ0v) is 11.6. The van der Waals surface area contributed by atoms with Crippen LogP contribution < -0.4 is 10.6 Å². The summed E-state index contributed by atoms with van der Waals surface area (Å²) in [5.74, 6) is -1.60. The van der Waals surface area contributed by atoms with E-state index in [1.165, 1.54) is 0 Å². The fourth-order valence-corrected chi connectivity index (χ4v) is 1.69. The standard InChI is InChI=1S/C10H18N2O6S/c1-18-8(13)6-7(9(14)15)12-10(16)11-4-3-5-19(2)17/h7H,3-6H2,1-2H3,(H,14,15)(H2,11,12,16)/t7-,19?/m0/s1. The highest BCUT2D eigenvalue weighted by atomic mass is 32.2. The predicted octanol–water partition coefficient (Wildman–Crippen LogP) is -0.929. The molecule has 0 saturated heterocycles. The fraction of sp³-hybridized carbons (Fsp3) is 0.700. The molecule has 0 aromatic heterocycles. The van der Waals surface area contributed by atoms with Crippen molar-refractivity contribution in [1.82, 2.24) is 10.6 Å². The van der Waals surface area contributed by atoms with Gasteiger partial charge in [0.15, 0.2) is 0 Å². The van der Waals surface area contributed by atoms with Gasteiger partial charge in [-0.2, -0.15) is 0 Å². The summed E-state index contributed by atoms with van der Waals surface area (Å²) >= 11 is 0. The molecule has 0 heterocycles. The van der Waals surface area contributed by atoms with Crippen LogP contribution >= 0.6 is 0 Å². The summed E-state index contributed by atoms with van der Waals surface area (Å²) in [6.45, 7) is 0.274. The molecule has 9 heteroatoms. The second-order valence-corrected chi connectivity index (χ2v) is 5.26. The summed E-state index contributed by atoms with van der Waals surface area (Å²) in [4.78, 5) is 33.1. The molecule has 19 heavy (non-hydrogen) atoms. The summed E-state index contributed by atoms with van der Waals surface area (Å²) in [7, 11) is 0.197. The van der Waals surface area contributed by atoms with Crippen LogP contribution in [0.4, 0.5) is 4.79 Å². The molecule has 0 aliphatic heterocycles. The highest BCUT2D eigenvalue weighted by Crippen LogP contribution is 1.95. The lowest BCUT2D eigenvalue weighted by atomic mass is 10.2. The van der Waals surface area contributed by atoms with E-state index in [9.17, 15) is 18.6 Å². The number of urea groups is 1. The normalized spacial score (nSPS) is 13.2. The Morgan fingerprint density at radius 1 is 1.37 bits per heavy atom. The third-order valence-electron chi connectivity index (χ3n) is 2.10. The van der Waals surface area contributed by atoms with Crippen LogP contribution in [-0.2, 0) is 25.1 Å². The molecule has 0 aliphatic carbocycles. The maximum atomic E-state index is 11.4. The Balaban J connectivity index is 4.07. The van der Waals surface area contributed by atoms with Gasteiger partial charge in [-0.05, 0) is 6.42 Å². The lowest BCUT2D eigenvalue weighted by Gasteiger charge is -2.13. The van der Waals surface area contributed by atoms with Gasteiger partial charge in [-0.15, -0.1) is 0 Å². The van der Waals surface area contributed by atoms with Crippen molar-refractivity contribution in [3.05, 3.63) is 0 Å². The highest BCUT2D eigenvalue weighted by molar-refractivity contribution is 7.84. The van der Waals surface area contributed by atoms with E-state index in [1.54, 1.807) is 6.26 Å². The van der Waals surface area contributed by atoms with Crippen molar-refractivity contribution in [2.75, 3.05) is 25.7 Å². The van der Waals surface area contributed by atoms with Gasteiger partial charge in [-0.3, -0.25) is 9.00 Å². The number of carboxylic acids is 1. The third-order valence-corrected chi connectivity index (χ3v) is 2.96. The van der Waals surface area contributed by atoms with E-state index in [1.807, 2.05) is 0 Å². The molecule has 2 amide bonds. The number of nitrogens with one attached hydrogen (secondary N) is 2. The molecule has 2 atom stereocenters. The fourth-order valence-electron chi connectivity index (χ4n) is 1.14. The Hall–Kier alpha value is -1.64. The van der Waals surface area contributed by atoms with Gasteiger partial charge >= 0.3 is 18.0 Å².